The molecule has 28 aromatic rings. The van der Waals surface area contributed by atoms with Crippen LogP contribution < -0.4 is 62.2 Å². The van der Waals surface area contributed by atoms with E-state index in [1.807, 2.05) is 70.4 Å². The zero-order chi connectivity index (χ0) is 95.3. The first-order valence-corrected chi connectivity index (χ1v) is 52.3. The van der Waals surface area contributed by atoms with Crippen LogP contribution in [0.15, 0.2) is 486 Å². The molecule has 145 heavy (non-hydrogen) atoms. The van der Waals surface area contributed by atoms with E-state index >= 15 is 0 Å². The highest BCUT2D eigenvalue weighted by Crippen LogP contribution is 2.54. The van der Waals surface area contributed by atoms with Crippen molar-refractivity contribution >= 4 is 280 Å². The van der Waals surface area contributed by atoms with Crippen molar-refractivity contribution in [3.8, 4) is 39.8 Å². The standard InChI is InChI=1S/C46H29BN2S.C43H28BN5S.C38H23BN4S2/c1-3-15-30(16-4-1)47-45-43(38-23-11-13-25-41(38)48(45)31-17-5-2-6-18-31)49(44-39-24-12-14-26-42(39)50-46(44)47)32-27-28-37-35-21-8-7-19-33(35)34-20-9-10-22-36(34)40(37)29-32;1-5-17-29(18-6-1)41-45-42(30-19-7-2-8-20-30)47-43(46-41)49-37-33-25-13-15-27-35(33)48(32-23-11-4-12-24-32)39(37)44(31-21-9-3-10-22-31)40-38(49)34-26-14-16-28-36(34)50-40;1-3-13-24(14-4-1)39-36-33(26-17-7-10-20-29(26)42(36)25-15-5-2-6-16-25)43(34-28-19-9-12-22-31(28)45-37(34)39)38-35-32(40-23-41-38)27-18-8-11-21-30(27)44-35/h1-29H;1-28H;1-23H. The van der Waals surface area contributed by atoms with Gasteiger partial charge in [-0.25, -0.2) is 15.0 Å². The van der Waals surface area contributed by atoms with E-state index in [-0.39, 0.29) is 20.1 Å². The van der Waals surface area contributed by atoms with E-state index in [9.17, 15) is 0 Å². The van der Waals surface area contributed by atoms with E-state index in [1.54, 1.807) is 17.7 Å². The van der Waals surface area contributed by atoms with Crippen LogP contribution in [0.1, 0.15) is 0 Å². The van der Waals surface area contributed by atoms with Gasteiger partial charge < -0.3 is 18.6 Å². The number of hydrogen-bond donors (Lipinski definition) is 0. The Morgan fingerprint density at radius 2 is 0.503 bits per heavy atom. The van der Waals surface area contributed by atoms with Gasteiger partial charge in [0, 0.05) is 121 Å². The Morgan fingerprint density at radius 1 is 0.207 bits per heavy atom. The summed E-state index contributed by atoms with van der Waals surface area (Å²) >= 11 is 7.45. The van der Waals surface area contributed by atoms with Crippen molar-refractivity contribution in [3.05, 3.63) is 486 Å². The average Bonchev–Trinajstić information content (AvgIpc) is 1.57. The summed E-state index contributed by atoms with van der Waals surface area (Å²) < 4.78 is 17.5. The average molecular weight is 1920 g/mol. The molecule has 0 N–H and O–H groups in total. The number of fused-ring (bicyclic) bond motifs is 27. The van der Waals surface area contributed by atoms with Gasteiger partial charge >= 0.3 is 0 Å². The molecule has 0 amide bonds. The molecule has 0 atom stereocenters. The third kappa shape index (κ3) is 13.5. The van der Waals surface area contributed by atoms with E-state index in [0.29, 0.717) is 17.6 Å². The fourth-order valence-corrected chi connectivity index (χ4v) is 28.2. The predicted octanol–water partition coefficient (Wildman–Crippen LogP) is 27.6. The Hall–Kier alpha value is -17.6. The van der Waals surface area contributed by atoms with Crippen LogP contribution in [0.4, 0.5) is 51.6 Å². The van der Waals surface area contributed by atoms with E-state index in [4.69, 9.17) is 24.9 Å². The molecule has 0 aliphatic carbocycles. The second-order valence-electron chi connectivity index (χ2n) is 37.0. The number of nitrogens with zero attached hydrogens (tertiary/aromatic N) is 11. The number of aromatic nitrogens is 8. The molecule has 0 saturated carbocycles. The van der Waals surface area contributed by atoms with E-state index in [2.05, 4.69) is 471 Å². The van der Waals surface area contributed by atoms with Crippen molar-refractivity contribution in [2.45, 2.75) is 0 Å². The maximum absolute atomic E-state index is 5.32. The number of thiophene rings is 4. The smallest absolute Gasteiger partial charge is 0.280 e. The minimum atomic E-state index is -0.0357. The molecule has 0 spiro atoms. The van der Waals surface area contributed by atoms with Crippen molar-refractivity contribution in [1.29, 1.82) is 0 Å². The van der Waals surface area contributed by atoms with Crippen LogP contribution in [0.2, 0.25) is 0 Å². The molecule has 0 fully saturated rings. The van der Waals surface area contributed by atoms with E-state index < -0.39 is 0 Å². The largest absolute Gasteiger partial charge is 0.319 e. The molecule has 11 nitrogen and oxygen atoms in total. The molecule has 676 valence electrons. The highest BCUT2D eigenvalue weighted by atomic mass is 32.1. The fourth-order valence-electron chi connectivity index (χ4n) is 23.1. The lowest BCUT2D eigenvalue weighted by Gasteiger charge is -2.35. The van der Waals surface area contributed by atoms with Gasteiger partial charge in [0.25, 0.3) is 20.1 Å². The quantitative estimate of drug-likeness (QED) is 0.0935. The van der Waals surface area contributed by atoms with Crippen molar-refractivity contribution in [2.75, 3.05) is 14.7 Å². The van der Waals surface area contributed by atoms with Crippen LogP contribution in [0.25, 0.3) is 155 Å². The predicted molar refractivity (Wildman–Crippen MR) is 619 cm³/mol. The molecule has 18 heteroatoms. The normalized spacial score (nSPS) is 12.6. The molecule has 3 aliphatic heterocycles. The van der Waals surface area contributed by atoms with Gasteiger partial charge in [0.05, 0.1) is 60.9 Å². The topological polar surface area (TPSA) is 89.0 Å². The molecule has 3 aliphatic rings. The van der Waals surface area contributed by atoms with Crippen LogP contribution in [-0.4, -0.2) is 58.8 Å². The lowest BCUT2D eigenvalue weighted by molar-refractivity contribution is 1.03. The van der Waals surface area contributed by atoms with E-state index in [1.165, 1.54) is 176 Å². The van der Waals surface area contributed by atoms with Crippen molar-refractivity contribution in [2.24, 2.45) is 0 Å². The summed E-state index contributed by atoms with van der Waals surface area (Å²) in [7, 11) is 0. The summed E-state index contributed by atoms with van der Waals surface area (Å²) in [6.45, 7) is 0.0383. The van der Waals surface area contributed by atoms with Gasteiger partial charge in [-0.15, -0.1) is 45.3 Å². The lowest BCUT2D eigenvalue weighted by Crippen LogP contribution is -2.58. The molecular weight excluding hydrogens is 1840 g/mol. The van der Waals surface area contributed by atoms with Gasteiger partial charge in [0.15, 0.2) is 17.5 Å². The van der Waals surface area contributed by atoms with Gasteiger partial charge in [-0.3, -0.25) is 9.80 Å². The summed E-state index contributed by atoms with van der Waals surface area (Å²) in [5.74, 6) is 2.78. The van der Waals surface area contributed by atoms with Crippen molar-refractivity contribution in [3.63, 3.8) is 0 Å². The van der Waals surface area contributed by atoms with Crippen LogP contribution >= 0.6 is 45.3 Å². The minimum absolute atomic E-state index is 0.0252. The second-order valence-corrected chi connectivity index (χ2v) is 41.3. The number of anilines is 9. The van der Waals surface area contributed by atoms with Crippen LogP contribution in [0.5, 0.6) is 0 Å². The molecule has 0 bridgehead atoms. The first kappa shape index (κ1) is 84.3. The van der Waals surface area contributed by atoms with Gasteiger partial charge in [-0.1, -0.05) is 405 Å². The fraction of sp³-hybridized carbons (Fsp3) is 0. The SMILES string of the molecule is c1ccc(B2c3sc4ccccc4c3N(c3ccc4c5ccccc5c5ccccc5c4c3)c3c2n(-c2ccccc2)c2ccccc32)cc1.c1ccc(B2c3sc4ccccc4c3N(c3nc(-c4ccccc4)nc(-c4ccccc4)n3)c3c2n(-c2ccccc2)c2ccccc32)cc1.c1ccc(B2c3sc4ccccc4c3N(c3ncnc4c3sc3ccccc34)c3c2n(-c2ccccc2)c2ccccc32)cc1. The van der Waals surface area contributed by atoms with E-state index in [0.717, 1.165) is 60.8 Å². The molecule has 0 unspecified atom stereocenters. The lowest BCUT2D eigenvalue weighted by atomic mass is 9.39. The van der Waals surface area contributed by atoms with Crippen LogP contribution in [0.3, 0.4) is 0 Å². The zero-order valence-electron chi connectivity index (χ0n) is 78.0. The monoisotopic (exact) mass is 1920 g/mol. The first-order chi connectivity index (χ1) is 72.0. The second kappa shape index (κ2) is 34.7. The summed E-state index contributed by atoms with van der Waals surface area (Å²) in [5, 5.41) is 16.2. The summed E-state index contributed by atoms with van der Waals surface area (Å²) in [4.78, 5) is 33.0. The molecule has 0 saturated heterocycles. The number of rotatable bonds is 11. The molecule has 9 aromatic heterocycles. The minimum Gasteiger partial charge on any atom is -0.319 e. The van der Waals surface area contributed by atoms with Gasteiger partial charge in [-0.2, -0.15) is 9.97 Å². The molecule has 12 heterocycles. The maximum atomic E-state index is 5.32. The highest BCUT2D eigenvalue weighted by Gasteiger charge is 2.48. The van der Waals surface area contributed by atoms with Crippen LogP contribution in [-0.2, 0) is 0 Å². The Kier molecular flexibility index (Phi) is 20.1. The highest BCUT2D eigenvalue weighted by molar-refractivity contribution is 7.35. The Balaban J connectivity index is 0.000000103. The van der Waals surface area contributed by atoms with Crippen molar-refractivity contribution in [1.82, 2.24) is 38.6 Å². The van der Waals surface area contributed by atoms with Crippen LogP contribution in [0, 0.1) is 0 Å². The zero-order valence-corrected chi connectivity index (χ0v) is 81.2. The van der Waals surface area contributed by atoms with Gasteiger partial charge in [-0.05, 0) is 123 Å². The Morgan fingerprint density at radius 3 is 0.903 bits per heavy atom. The summed E-state index contributed by atoms with van der Waals surface area (Å²) in [6.07, 6.45) is 1.74. The Labute approximate surface area is 852 Å². The molecule has 0 radical (unpaired) electrons. The maximum Gasteiger partial charge on any atom is 0.280 e. The van der Waals surface area contributed by atoms with Crippen molar-refractivity contribution < 1.29 is 0 Å². The first-order valence-electron chi connectivity index (χ1n) is 49.0. The number of hydrogen-bond acceptors (Lipinski definition) is 12. The molecule has 31 rings (SSSR count). The third-order valence-electron chi connectivity index (χ3n) is 29.1. The molecule has 19 aromatic carbocycles. The number of para-hydroxylation sites is 6. The number of benzene rings is 19. The van der Waals surface area contributed by atoms with Gasteiger partial charge in [0.2, 0.25) is 5.95 Å². The Bertz CT molecular complexity index is 9880. The molecular formula is C127H80B3N11S4. The van der Waals surface area contributed by atoms with Gasteiger partial charge in [0.1, 0.15) is 6.33 Å². The summed E-state index contributed by atoms with van der Waals surface area (Å²) in [6, 6.07) is 172. The third-order valence-corrected chi connectivity index (χ3v) is 33.9. The summed E-state index contributed by atoms with van der Waals surface area (Å²) in [5.41, 5.74) is 25.7.